The largest absolute Gasteiger partial charge is 0.444 e. The Balaban J connectivity index is 1.46. The number of piperidine rings is 1. The first-order chi connectivity index (χ1) is 14.4. The summed E-state index contributed by atoms with van der Waals surface area (Å²) in [5.41, 5.74) is 2.46. The topological polar surface area (TPSA) is 84.4 Å². The summed E-state index contributed by atoms with van der Waals surface area (Å²) in [7, 11) is 0. The molecule has 7 heteroatoms. The first-order valence-corrected chi connectivity index (χ1v) is 10.9. The van der Waals surface area contributed by atoms with E-state index >= 15 is 0 Å². The minimum Gasteiger partial charge on any atom is -0.444 e. The van der Waals surface area contributed by atoms with E-state index in [0.717, 1.165) is 27.9 Å². The van der Waals surface area contributed by atoms with Gasteiger partial charge in [-0.15, -0.1) is 0 Å². The summed E-state index contributed by atoms with van der Waals surface area (Å²) in [4.78, 5) is 36.4. The van der Waals surface area contributed by atoms with Gasteiger partial charge in [-0.1, -0.05) is 0 Å². The molecule has 2 aromatic heterocycles. The second-order valence-corrected chi connectivity index (χ2v) is 10.5. The molecule has 1 saturated heterocycles. The molecule has 0 spiro atoms. The van der Waals surface area contributed by atoms with E-state index in [-0.39, 0.29) is 29.8 Å². The zero-order valence-electron chi connectivity index (χ0n) is 19.4. The van der Waals surface area contributed by atoms with Crippen LogP contribution in [0.5, 0.6) is 0 Å². The third-order valence-electron chi connectivity index (χ3n) is 6.25. The average molecular weight is 425 g/mol. The van der Waals surface area contributed by atoms with E-state index in [2.05, 4.69) is 17.2 Å². The minimum absolute atomic E-state index is 0.0212. The Kier molecular flexibility index (Phi) is 4.98. The van der Waals surface area contributed by atoms with Gasteiger partial charge in [-0.2, -0.15) is 0 Å². The SMILES string of the molecule is Cc1cc2c(C)ccnc2c(C(C)(C)NC(=O)C2[C@H]3CN(C(=O)OC(C)(C)C)C[C@@H]23)n1. The average Bonchev–Trinajstić information content (AvgIpc) is 3.14. The number of aryl methyl sites for hydroxylation is 2. The molecule has 0 aromatic carbocycles. The lowest BCUT2D eigenvalue weighted by Gasteiger charge is -2.29. The number of likely N-dealkylation sites (tertiary alicyclic amines) is 1. The first-order valence-electron chi connectivity index (χ1n) is 10.9. The predicted molar refractivity (Wildman–Crippen MR) is 118 cm³/mol. The van der Waals surface area contributed by atoms with Crippen molar-refractivity contribution >= 4 is 22.9 Å². The molecular formula is C24H32N4O3. The van der Waals surface area contributed by atoms with Crippen LogP contribution in [0.4, 0.5) is 4.79 Å². The Labute approximate surface area is 183 Å². The summed E-state index contributed by atoms with van der Waals surface area (Å²) < 4.78 is 5.46. The van der Waals surface area contributed by atoms with Gasteiger partial charge < -0.3 is 15.0 Å². The van der Waals surface area contributed by atoms with Gasteiger partial charge in [0.25, 0.3) is 0 Å². The smallest absolute Gasteiger partial charge is 0.410 e. The first kappa shape index (κ1) is 21.5. The molecule has 1 saturated carbocycles. The normalized spacial score (nSPS) is 22.9. The molecule has 7 nitrogen and oxygen atoms in total. The zero-order chi connectivity index (χ0) is 22.7. The van der Waals surface area contributed by atoms with Crippen molar-refractivity contribution in [3.05, 3.63) is 35.3 Å². The fourth-order valence-electron chi connectivity index (χ4n) is 4.69. The lowest BCUT2D eigenvalue weighted by atomic mass is 9.95. The number of amides is 2. The molecule has 2 aromatic rings. The van der Waals surface area contributed by atoms with Crippen LogP contribution >= 0.6 is 0 Å². The summed E-state index contributed by atoms with van der Waals surface area (Å²) in [5, 5.41) is 4.27. The number of nitrogens with zero attached hydrogens (tertiary/aromatic N) is 3. The Morgan fingerprint density at radius 3 is 2.39 bits per heavy atom. The van der Waals surface area contributed by atoms with E-state index in [1.54, 1.807) is 11.1 Å². The lowest BCUT2D eigenvalue weighted by molar-refractivity contribution is -0.125. The molecule has 1 aliphatic heterocycles. The molecule has 4 rings (SSSR count). The van der Waals surface area contributed by atoms with Gasteiger partial charge in [0.1, 0.15) is 5.60 Å². The van der Waals surface area contributed by atoms with Crippen molar-refractivity contribution in [1.82, 2.24) is 20.2 Å². The number of carbonyl (C=O) groups excluding carboxylic acids is 2. The van der Waals surface area contributed by atoms with Gasteiger partial charge in [-0.25, -0.2) is 4.79 Å². The third-order valence-corrected chi connectivity index (χ3v) is 6.25. The van der Waals surface area contributed by atoms with E-state index in [1.165, 1.54) is 0 Å². The summed E-state index contributed by atoms with van der Waals surface area (Å²) >= 11 is 0. The fraction of sp³-hybridized carbons (Fsp3) is 0.583. The molecule has 0 radical (unpaired) electrons. The number of aromatic nitrogens is 2. The fourth-order valence-corrected chi connectivity index (χ4v) is 4.69. The number of hydrogen-bond acceptors (Lipinski definition) is 5. The molecule has 2 amide bonds. The molecule has 1 aliphatic carbocycles. The van der Waals surface area contributed by atoms with Crippen molar-refractivity contribution < 1.29 is 14.3 Å². The van der Waals surface area contributed by atoms with Gasteiger partial charge in [-0.3, -0.25) is 14.8 Å². The molecule has 2 aliphatic rings. The highest BCUT2D eigenvalue weighted by molar-refractivity contribution is 5.87. The standard InChI is InChI=1S/C24H32N4O3/c1-13-8-9-25-19-15(13)10-14(2)26-20(19)24(6,7)27-21(29)18-16-11-28(12-17(16)18)22(30)31-23(3,4)5/h8-10,16-18H,11-12H2,1-7H3,(H,27,29)/t16-,17+,18?. The third kappa shape index (κ3) is 4.10. The maximum Gasteiger partial charge on any atom is 0.410 e. The lowest BCUT2D eigenvalue weighted by Crippen LogP contribution is -2.44. The van der Waals surface area contributed by atoms with Crippen LogP contribution in [0.2, 0.25) is 0 Å². The molecule has 3 atom stereocenters. The Morgan fingerprint density at radius 2 is 1.77 bits per heavy atom. The van der Waals surface area contributed by atoms with Crippen LogP contribution in [-0.2, 0) is 15.1 Å². The Bertz CT molecular complexity index is 1040. The number of nitrogens with one attached hydrogen (secondary N) is 1. The van der Waals surface area contributed by atoms with Gasteiger partial charge in [0.15, 0.2) is 0 Å². The van der Waals surface area contributed by atoms with E-state index in [9.17, 15) is 9.59 Å². The molecule has 0 bridgehead atoms. The van der Waals surface area contributed by atoms with E-state index in [0.29, 0.717) is 13.1 Å². The van der Waals surface area contributed by atoms with E-state index in [4.69, 9.17) is 9.72 Å². The van der Waals surface area contributed by atoms with Gasteiger partial charge in [0.05, 0.1) is 16.7 Å². The van der Waals surface area contributed by atoms with Crippen molar-refractivity contribution in [2.45, 2.75) is 59.6 Å². The molecule has 1 unspecified atom stereocenters. The molecule has 1 N–H and O–H groups in total. The summed E-state index contributed by atoms with van der Waals surface area (Å²) in [6, 6.07) is 4.02. The van der Waals surface area contributed by atoms with Crippen LogP contribution in [0.25, 0.3) is 10.9 Å². The molecule has 2 fully saturated rings. The number of fused-ring (bicyclic) bond motifs is 2. The van der Waals surface area contributed by atoms with Crippen LogP contribution in [0, 0.1) is 31.6 Å². The highest BCUT2D eigenvalue weighted by Gasteiger charge is 2.61. The molecular weight excluding hydrogens is 392 g/mol. The van der Waals surface area contributed by atoms with Crippen LogP contribution < -0.4 is 5.32 Å². The minimum atomic E-state index is -0.663. The van der Waals surface area contributed by atoms with Crippen LogP contribution in [0.3, 0.4) is 0 Å². The van der Waals surface area contributed by atoms with E-state index < -0.39 is 11.1 Å². The van der Waals surface area contributed by atoms with Gasteiger partial charge in [0.2, 0.25) is 5.91 Å². The maximum absolute atomic E-state index is 13.1. The summed E-state index contributed by atoms with van der Waals surface area (Å²) in [6.07, 6.45) is 1.49. The predicted octanol–water partition coefficient (Wildman–Crippen LogP) is 3.71. The zero-order valence-corrected chi connectivity index (χ0v) is 19.4. The molecule has 3 heterocycles. The van der Waals surface area contributed by atoms with Crippen molar-refractivity contribution in [1.29, 1.82) is 0 Å². The van der Waals surface area contributed by atoms with Crippen molar-refractivity contribution in [2.75, 3.05) is 13.1 Å². The Morgan fingerprint density at radius 1 is 1.13 bits per heavy atom. The van der Waals surface area contributed by atoms with Crippen molar-refractivity contribution in [2.24, 2.45) is 17.8 Å². The molecule has 166 valence electrons. The number of ether oxygens (including phenoxy) is 1. The van der Waals surface area contributed by atoms with Crippen LogP contribution in [-0.4, -0.2) is 45.6 Å². The van der Waals surface area contributed by atoms with Gasteiger partial charge in [0, 0.05) is 36.3 Å². The number of hydrogen-bond donors (Lipinski definition) is 1. The van der Waals surface area contributed by atoms with Gasteiger partial charge in [-0.05, 0) is 78.0 Å². The van der Waals surface area contributed by atoms with E-state index in [1.807, 2.05) is 53.7 Å². The quantitative estimate of drug-likeness (QED) is 0.812. The monoisotopic (exact) mass is 424 g/mol. The molecule has 31 heavy (non-hydrogen) atoms. The number of carbonyl (C=O) groups is 2. The summed E-state index contributed by atoms with van der Waals surface area (Å²) in [5.74, 6) is 0.355. The highest BCUT2D eigenvalue weighted by atomic mass is 16.6. The van der Waals surface area contributed by atoms with Gasteiger partial charge >= 0.3 is 6.09 Å². The van der Waals surface area contributed by atoms with Crippen LogP contribution in [0.1, 0.15) is 51.6 Å². The maximum atomic E-state index is 13.1. The number of rotatable bonds is 3. The second kappa shape index (κ2) is 7.18. The number of pyridine rings is 2. The second-order valence-electron chi connectivity index (χ2n) is 10.5. The van der Waals surface area contributed by atoms with Crippen molar-refractivity contribution in [3.63, 3.8) is 0 Å². The highest BCUT2D eigenvalue weighted by Crippen LogP contribution is 2.52. The van der Waals surface area contributed by atoms with Crippen molar-refractivity contribution in [3.8, 4) is 0 Å². The Hall–Kier alpha value is -2.70. The summed E-state index contributed by atoms with van der Waals surface area (Å²) in [6.45, 7) is 14.7. The van der Waals surface area contributed by atoms with Crippen LogP contribution in [0.15, 0.2) is 18.3 Å².